The van der Waals surface area contributed by atoms with Crippen LogP contribution in [0.15, 0.2) is 219 Å². The lowest BCUT2D eigenvalue weighted by Gasteiger charge is -2.29. The molecule has 8 heterocycles. The number of thioether (sulfide) groups is 1. The molecule has 714 valence electrons. The van der Waals surface area contributed by atoms with E-state index >= 15 is 0 Å². The van der Waals surface area contributed by atoms with Gasteiger partial charge in [0.05, 0.1) is 101 Å². The Kier molecular flexibility index (Phi) is 34.7. The van der Waals surface area contributed by atoms with Crippen LogP contribution in [0.3, 0.4) is 0 Å². The fourth-order valence-electron chi connectivity index (χ4n) is 14.3. The number of piperidine rings is 1. The Labute approximate surface area is 813 Å². The van der Waals surface area contributed by atoms with Crippen molar-refractivity contribution in [1.29, 1.82) is 21.6 Å². The summed E-state index contributed by atoms with van der Waals surface area (Å²) in [4.78, 5) is 125. The van der Waals surface area contributed by atoms with Gasteiger partial charge >= 0.3 is 0 Å². The second kappa shape index (κ2) is 47.6. The lowest BCUT2D eigenvalue weighted by Crippen LogP contribution is -2.40. The van der Waals surface area contributed by atoms with Crippen LogP contribution in [0, 0.1) is 68.2 Å². The summed E-state index contributed by atoms with van der Waals surface area (Å²) in [5.41, 5.74) is -0.411. The minimum Gasteiger partial charge on any atom is -0.378 e. The number of amides is 8. The Morgan fingerprint density at radius 2 is 0.504 bits per heavy atom. The molecule has 16 rings (SSSR count). The zero-order chi connectivity index (χ0) is 99.1. The Bertz CT molecular complexity index is 6220. The minimum atomic E-state index is -0.837. The van der Waals surface area contributed by atoms with Gasteiger partial charge in [-0.3, -0.25) is 60.0 Å². The van der Waals surface area contributed by atoms with Crippen LogP contribution in [-0.4, -0.2) is 187 Å². The zero-order valence-electron chi connectivity index (χ0n) is 73.0. The van der Waals surface area contributed by atoms with Gasteiger partial charge in [0, 0.05) is 111 Å². The quantitative estimate of drug-likeness (QED) is 0.0192. The van der Waals surface area contributed by atoms with Crippen LogP contribution >= 0.6 is 58.2 Å². The van der Waals surface area contributed by atoms with Gasteiger partial charge in [0.15, 0.2) is 0 Å². The third-order valence-corrected chi connectivity index (χ3v) is 23.3. The molecule has 12 aromatic rings. The van der Waals surface area contributed by atoms with E-state index in [1.807, 2.05) is 14.7 Å². The number of nitrogens with zero attached hydrogens (tertiary/aromatic N) is 8. The first-order valence-electron chi connectivity index (χ1n) is 42.6. The average Bonchev–Trinajstić information content (AvgIpc) is 1.33. The second-order valence-corrected chi connectivity index (χ2v) is 33.9. The molecule has 0 saturated carbocycles. The first kappa shape index (κ1) is 101. The van der Waals surface area contributed by atoms with Crippen LogP contribution in [0.25, 0.3) is 0 Å². The van der Waals surface area contributed by atoms with Crippen molar-refractivity contribution in [3.05, 3.63) is 352 Å². The van der Waals surface area contributed by atoms with E-state index in [2.05, 4.69) is 62.5 Å². The average molecular weight is 2000 g/mol. The third-order valence-electron chi connectivity index (χ3n) is 21.5. The topological polar surface area (TPSA) is 402 Å². The molecule has 139 heavy (non-hydrogen) atoms. The fourth-order valence-corrected chi connectivity index (χ4v) is 15.6. The molecule has 29 nitrogen and oxygen atoms in total. The van der Waals surface area contributed by atoms with Crippen molar-refractivity contribution in [2.24, 2.45) is 0 Å². The molecule has 12 N–H and O–H groups in total. The molecule has 4 fully saturated rings. The van der Waals surface area contributed by atoms with Crippen LogP contribution in [0.5, 0.6) is 0 Å². The van der Waals surface area contributed by atoms with Crippen LogP contribution in [0.4, 0.5) is 81.1 Å². The maximum atomic E-state index is 14.8. The predicted octanol–water partition coefficient (Wildman–Crippen LogP) is 19.3. The van der Waals surface area contributed by atoms with Crippen molar-refractivity contribution in [3.8, 4) is 0 Å². The number of nitrogens with one attached hydrogen (secondary N) is 12. The number of carbonyl (C=O) groups excluding carboxylic acids is 8. The molecule has 8 aromatic carbocycles. The van der Waals surface area contributed by atoms with Crippen molar-refractivity contribution in [2.45, 2.75) is 32.1 Å². The monoisotopic (exact) mass is 1990 g/mol. The number of rotatable bonds is 20. The number of hydrogen-bond acceptors (Lipinski definition) is 18. The number of amidine groups is 4. The van der Waals surface area contributed by atoms with E-state index < -0.39 is 93.8 Å². The van der Waals surface area contributed by atoms with E-state index in [9.17, 15) is 73.5 Å². The van der Waals surface area contributed by atoms with Gasteiger partial charge in [0.1, 0.15) is 93.2 Å². The van der Waals surface area contributed by atoms with E-state index in [-0.39, 0.29) is 114 Å². The predicted molar refractivity (Wildman–Crippen MR) is 517 cm³/mol. The third kappa shape index (κ3) is 27.4. The molecular formula is C97H82Cl4F8N20O9S. The van der Waals surface area contributed by atoms with E-state index in [0.29, 0.717) is 81.7 Å². The van der Waals surface area contributed by atoms with Crippen molar-refractivity contribution in [1.82, 2.24) is 39.5 Å². The first-order chi connectivity index (χ1) is 66.8. The SMILES string of the molecule is N=C(c1ccc(C(=O)Nc2ccc(F)cc2C(=O)Nc2ccc(Cl)cn2)c(F)c1)N1CCCC1.N=C(c1ccc(C(=O)Nc2ccc(F)cc2C(=O)Nc2ccc(Cl)cn2)c(F)c1)N1CCCCC1.N=C(c1ccc(C(=O)Nc2ccc(F)cc2C(=O)Nc2ccc(Cl)cn2)c(F)c1)N1CCOCC1.N=C(c1ccc(C(=O)Nc2ccc(F)cc2C(=O)Nc2ccc(Cl)cn2)c(F)c1)N1CCSCC1. The van der Waals surface area contributed by atoms with Crippen LogP contribution in [0.2, 0.25) is 20.1 Å². The number of carbonyl (C=O) groups is 8. The number of morpholine rings is 1. The smallest absolute Gasteiger partial charge is 0.259 e. The van der Waals surface area contributed by atoms with Gasteiger partial charge in [0.2, 0.25) is 0 Å². The van der Waals surface area contributed by atoms with E-state index in [1.54, 1.807) is 16.7 Å². The standard InChI is InChI=1S/C25H22ClF2N5O2.C24H20ClF2N5O3.C24H20ClF2N5O2S.C24H20ClF2N5O2/c26-16-5-9-22(30-14-16)32-25(35)19-13-17(27)6-8-21(19)31-24(34)18-7-4-15(12-20(18)28)23(29)33-10-2-1-3-11-33;2*25-15-2-6-21(29-13-15)31-24(34)18-12-16(26)3-5-20(18)30-23(33)17-4-1-14(11-19(17)27)22(28)32-7-9-35-10-8-32;25-15-4-8-21(29-13-15)31-24(34)18-12-16(26)5-7-20(18)30-23(33)17-6-3-14(11-19(17)27)22(28)32-9-1-2-10-32/h4-9,12-14,29H,1-3,10-11H2,(H,31,34)(H,30,32,35);2*1-6,11-13,28H,7-10H2,(H,30,33)(H,29,31,34);3-8,11-13,28H,1-2,9-10H2,(H,30,33)(H,29,31,34). The first-order valence-corrected chi connectivity index (χ1v) is 45.3. The zero-order valence-corrected chi connectivity index (χ0v) is 76.8. The number of aromatic nitrogens is 4. The van der Waals surface area contributed by atoms with Gasteiger partial charge in [-0.15, -0.1) is 0 Å². The van der Waals surface area contributed by atoms with Crippen molar-refractivity contribution >= 4 is 175 Å². The van der Waals surface area contributed by atoms with Crippen LogP contribution < -0.4 is 42.5 Å². The number of anilines is 8. The van der Waals surface area contributed by atoms with Crippen LogP contribution in [-0.2, 0) is 4.74 Å². The maximum absolute atomic E-state index is 14.8. The van der Waals surface area contributed by atoms with Crippen LogP contribution in [0.1, 0.15) is 137 Å². The summed E-state index contributed by atoms with van der Waals surface area (Å²) >= 11 is 24.9. The molecule has 4 aliphatic heterocycles. The number of halogens is 12. The number of ether oxygens (including phenoxy) is 1. The Balaban J connectivity index is 0.000000156. The van der Waals surface area contributed by atoms with Gasteiger partial charge in [-0.25, -0.2) is 55.1 Å². The Morgan fingerprint density at radius 1 is 0.273 bits per heavy atom. The molecule has 0 radical (unpaired) electrons. The fraction of sp³-hybridized carbons (Fsp3) is 0.175. The maximum Gasteiger partial charge on any atom is 0.259 e. The summed E-state index contributed by atoms with van der Waals surface area (Å²) in [6, 6.07) is 40.6. The summed E-state index contributed by atoms with van der Waals surface area (Å²) in [5, 5.41) is 54.5. The molecule has 42 heteroatoms. The number of benzene rings is 8. The van der Waals surface area contributed by atoms with Gasteiger partial charge < -0.3 is 66.9 Å². The highest BCUT2D eigenvalue weighted by atomic mass is 35.5. The Hall–Kier alpha value is -15.1. The highest BCUT2D eigenvalue weighted by Crippen LogP contribution is 2.30. The van der Waals surface area contributed by atoms with Crippen molar-refractivity contribution in [2.75, 3.05) is 120 Å². The molecule has 0 atom stereocenters. The molecule has 0 bridgehead atoms. The molecule has 0 unspecified atom stereocenters. The van der Waals surface area contributed by atoms with E-state index in [0.717, 1.165) is 143 Å². The van der Waals surface area contributed by atoms with Gasteiger partial charge in [-0.1, -0.05) is 70.7 Å². The summed E-state index contributed by atoms with van der Waals surface area (Å²) in [6.07, 6.45) is 10.4. The van der Waals surface area contributed by atoms with Gasteiger partial charge in [0.25, 0.3) is 47.3 Å². The van der Waals surface area contributed by atoms with Gasteiger partial charge in [-0.05, 0) is 202 Å². The van der Waals surface area contributed by atoms with E-state index in [1.165, 1.54) is 146 Å². The summed E-state index contributed by atoms with van der Waals surface area (Å²) < 4.78 is 120. The highest BCUT2D eigenvalue weighted by Gasteiger charge is 2.29. The molecule has 0 spiro atoms. The summed E-state index contributed by atoms with van der Waals surface area (Å²) in [7, 11) is 0. The lowest BCUT2D eigenvalue weighted by atomic mass is 10.1. The van der Waals surface area contributed by atoms with Crippen molar-refractivity contribution < 1.29 is 78.2 Å². The molecule has 4 aliphatic rings. The van der Waals surface area contributed by atoms with Crippen molar-refractivity contribution in [3.63, 3.8) is 0 Å². The Morgan fingerprint density at radius 3 is 0.741 bits per heavy atom. The molecule has 4 aromatic heterocycles. The highest BCUT2D eigenvalue weighted by molar-refractivity contribution is 7.99. The van der Waals surface area contributed by atoms with Gasteiger partial charge in [-0.2, -0.15) is 11.8 Å². The minimum absolute atomic E-state index is 0.00704. The molecular weight excluding hydrogens is 1920 g/mol. The number of hydrogen-bond donors (Lipinski definition) is 12. The number of likely N-dealkylation sites (tertiary alicyclic amines) is 2. The number of pyridine rings is 4. The lowest BCUT2D eigenvalue weighted by molar-refractivity contribution is 0.0679. The summed E-state index contributed by atoms with van der Waals surface area (Å²) in [6.45, 7) is 6.36. The van der Waals surface area contributed by atoms with E-state index in [4.69, 9.17) is 72.8 Å². The second-order valence-electron chi connectivity index (χ2n) is 31.0. The molecule has 0 aliphatic carbocycles. The largest absolute Gasteiger partial charge is 0.378 e. The summed E-state index contributed by atoms with van der Waals surface area (Å²) in [5.74, 6) is -8.98. The molecule has 8 amide bonds. The normalized spacial score (nSPS) is 13.2. The molecule has 4 saturated heterocycles.